The minimum atomic E-state index is 0.180. The summed E-state index contributed by atoms with van der Waals surface area (Å²) in [5.74, 6) is 2.43. The van der Waals surface area contributed by atoms with Crippen molar-refractivity contribution in [1.29, 1.82) is 0 Å². The summed E-state index contributed by atoms with van der Waals surface area (Å²) in [6.07, 6.45) is 3.56. The molecule has 27 heavy (non-hydrogen) atoms. The Labute approximate surface area is 160 Å². The van der Waals surface area contributed by atoms with Crippen LogP contribution in [0, 0.1) is 5.92 Å². The van der Waals surface area contributed by atoms with E-state index in [0.29, 0.717) is 11.9 Å². The third-order valence-corrected chi connectivity index (χ3v) is 5.86. The summed E-state index contributed by atoms with van der Waals surface area (Å²) in [6.45, 7) is 9.53. The fraction of sp³-hybridized carbons (Fsp3) is 0.737. The molecule has 3 fully saturated rings. The molecule has 0 saturated carbocycles. The molecule has 1 aromatic heterocycles. The molecule has 8 nitrogen and oxygen atoms in total. The van der Waals surface area contributed by atoms with Crippen LogP contribution >= 0.6 is 0 Å². The highest BCUT2D eigenvalue weighted by atomic mass is 16.5. The van der Waals surface area contributed by atoms with E-state index in [0.717, 1.165) is 83.5 Å². The normalized spacial score (nSPS) is 26.9. The summed E-state index contributed by atoms with van der Waals surface area (Å²) < 4.78 is 5.42. The molecular formula is C19H30N6O2. The number of morpholine rings is 1. The molecule has 3 saturated heterocycles. The Bertz CT molecular complexity index is 643. The van der Waals surface area contributed by atoms with E-state index in [1.165, 1.54) is 0 Å². The van der Waals surface area contributed by atoms with Crippen LogP contribution in [0.15, 0.2) is 12.4 Å². The third-order valence-electron chi connectivity index (χ3n) is 5.86. The summed E-state index contributed by atoms with van der Waals surface area (Å²) in [5.41, 5.74) is 0. The zero-order valence-electron chi connectivity index (χ0n) is 16.1. The van der Waals surface area contributed by atoms with Gasteiger partial charge in [-0.2, -0.15) is 0 Å². The van der Waals surface area contributed by atoms with E-state index >= 15 is 0 Å². The highest BCUT2D eigenvalue weighted by Gasteiger charge is 2.30. The van der Waals surface area contributed by atoms with E-state index in [-0.39, 0.29) is 5.92 Å². The van der Waals surface area contributed by atoms with Gasteiger partial charge in [0, 0.05) is 57.3 Å². The maximum absolute atomic E-state index is 12.8. The van der Waals surface area contributed by atoms with Crippen molar-refractivity contribution in [1.82, 2.24) is 20.2 Å². The monoisotopic (exact) mass is 374 g/mol. The number of ether oxygens (including phenoxy) is 1. The number of piperazine rings is 1. The van der Waals surface area contributed by atoms with Crippen molar-refractivity contribution in [3.63, 3.8) is 0 Å². The van der Waals surface area contributed by atoms with Crippen molar-refractivity contribution < 1.29 is 9.53 Å². The minimum absolute atomic E-state index is 0.180. The van der Waals surface area contributed by atoms with Crippen LogP contribution in [0.3, 0.4) is 0 Å². The summed E-state index contributed by atoms with van der Waals surface area (Å²) in [5, 5.41) is 3.43. The molecule has 148 valence electrons. The lowest BCUT2D eigenvalue weighted by Crippen LogP contribution is -2.52. The number of amides is 1. The Morgan fingerprint density at radius 1 is 1.07 bits per heavy atom. The molecule has 0 bridgehead atoms. The molecule has 0 aromatic carbocycles. The highest BCUT2D eigenvalue weighted by Crippen LogP contribution is 2.22. The molecule has 1 amide bonds. The van der Waals surface area contributed by atoms with Gasteiger partial charge in [0.25, 0.3) is 0 Å². The number of hydrogen-bond acceptors (Lipinski definition) is 7. The predicted molar refractivity (Wildman–Crippen MR) is 104 cm³/mol. The van der Waals surface area contributed by atoms with E-state index in [9.17, 15) is 4.79 Å². The number of carbonyl (C=O) groups is 1. The van der Waals surface area contributed by atoms with Crippen LogP contribution in [0.25, 0.3) is 0 Å². The fourth-order valence-electron chi connectivity index (χ4n) is 4.25. The van der Waals surface area contributed by atoms with Gasteiger partial charge in [0.05, 0.1) is 13.2 Å². The Morgan fingerprint density at radius 2 is 1.74 bits per heavy atom. The standard InChI is InChI=1S/C19H30N6O2/c1-15-12-16(2-3-20-15)19(26)25-6-4-23(5-7-25)17-13-18(22-14-21-17)24-8-10-27-11-9-24/h13-16,20H,2-12H2,1H3/t15-,16-/m0/s1. The molecule has 0 aliphatic carbocycles. The van der Waals surface area contributed by atoms with Gasteiger partial charge in [-0.3, -0.25) is 4.79 Å². The number of aromatic nitrogens is 2. The fourth-order valence-corrected chi connectivity index (χ4v) is 4.25. The number of hydrogen-bond donors (Lipinski definition) is 1. The zero-order chi connectivity index (χ0) is 18.6. The predicted octanol–water partition coefficient (Wildman–Crippen LogP) is 0.350. The molecular weight excluding hydrogens is 344 g/mol. The van der Waals surface area contributed by atoms with Crippen LogP contribution in [-0.4, -0.2) is 85.8 Å². The largest absolute Gasteiger partial charge is 0.378 e. The van der Waals surface area contributed by atoms with Crippen LogP contribution in [0.2, 0.25) is 0 Å². The van der Waals surface area contributed by atoms with Gasteiger partial charge in [-0.15, -0.1) is 0 Å². The number of piperidine rings is 1. The van der Waals surface area contributed by atoms with Crippen LogP contribution in [0.5, 0.6) is 0 Å². The molecule has 0 unspecified atom stereocenters. The van der Waals surface area contributed by atoms with Crippen LogP contribution in [0.4, 0.5) is 11.6 Å². The van der Waals surface area contributed by atoms with Gasteiger partial charge in [-0.05, 0) is 26.3 Å². The number of carbonyl (C=O) groups excluding carboxylic acids is 1. The molecule has 0 radical (unpaired) electrons. The van der Waals surface area contributed by atoms with Crippen LogP contribution < -0.4 is 15.1 Å². The number of anilines is 2. The molecule has 2 atom stereocenters. The lowest BCUT2D eigenvalue weighted by atomic mass is 9.92. The summed E-state index contributed by atoms with van der Waals surface area (Å²) in [6, 6.07) is 2.51. The Hall–Kier alpha value is -1.93. The molecule has 4 rings (SSSR count). The second-order valence-corrected chi connectivity index (χ2v) is 7.72. The zero-order valence-corrected chi connectivity index (χ0v) is 16.1. The number of nitrogens with zero attached hydrogens (tertiary/aromatic N) is 5. The van der Waals surface area contributed by atoms with E-state index in [1.54, 1.807) is 6.33 Å². The summed E-state index contributed by atoms with van der Waals surface area (Å²) in [7, 11) is 0. The minimum Gasteiger partial charge on any atom is -0.378 e. The average Bonchev–Trinajstić information content (AvgIpc) is 2.74. The molecule has 8 heteroatoms. The first kappa shape index (κ1) is 18.4. The van der Waals surface area contributed by atoms with Crippen LogP contribution in [-0.2, 0) is 9.53 Å². The Balaban J connectivity index is 1.34. The van der Waals surface area contributed by atoms with Gasteiger partial charge in [0.2, 0.25) is 5.91 Å². The quantitative estimate of drug-likeness (QED) is 0.818. The molecule has 1 N–H and O–H groups in total. The maximum atomic E-state index is 12.8. The smallest absolute Gasteiger partial charge is 0.225 e. The Morgan fingerprint density at radius 3 is 2.41 bits per heavy atom. The van der Waals surface area contributed by atoms with Crippen molar-refractivity contribution in [3.05, 3.63) is 12.4 Å². The van der Waals surface area contributed by atoms with Crippen molar-refractivity contribution in [3.8, 4) is 0 Å². The first-order valence-corrected chi connectivity index (χ1v) is 10.1. The first-order valence-electron chi connectivity index (χ1n) is 10.1. The van der Waals surface area contributed by atoms with Gasteiger partial charge < -0.3 is 24.8 Å². The molecule has 3 aliphatic rings. The van der Waals surface area contributed by atoms with Gasteiger partial charge in [0.1, 0.15) is 18.0 Å². The lowest BCUT2D eigenvalue weighted by molar-refractivity contribution is -0.137. The van der Waals surface area contributed by atoms with Gasteiger partial charge in [0.15, 0.2) is 0 Å². The summed E-state index contributed by atoms with van der Waals surface area (Å²) in [4.78, 5) is 28.3. The number of nitrogens with one attached hydrogen (secondary N) is 1. The topological polar surface area (TPSA) is 73.8 Å². The lowest BCUT2D eigenvalue weighted by Gasteiger charge is -2.38. The van der Waals surface area contributed by atoms with Crippen molar-refractivity contribution >= 4 is 17.5 Å². The average molecular weight is 374 g/mol. The summed E-state index contributed by atoms with van der Waals surface area (Å²) >= 11 is 0. The van der Waals surface area contributed by atoms with E-state index in [2.05, 4.69) is 38.1 Å². The molecule has 4 heterocycles. The highest BCUT2D eigenvalue weighted by molar-refractivity contribution is 5.79. The van der Waals surface area contributed by atoms with E-state index < -0.39 is 0 Å². The van der Waals surface area contributed by atoms with Crippen LogP contribution in [0.1, 0.15) is 19.8 Å². The Kier molecular flexibility index (Phi) is 5.73. The van der Waals surface area contributed by atoms with Gasteiger partial charge >= 0.3 is 0 Å². The van der Waals surface area contributed by atoms with E-state index in [1.807, 2.05) is 4.90 Å². The SMILES string of the molecule is C[C@H]1C[C@@H](C(=O)N2CCN(c3cc(N4CCOCC4)ncn3)CC2)CCN1. The van der Waals surface area contributed by atoms with Crippen molar-refractivity contribution in [2.45, 2.75) is 25.8 Å². The third kappa shape index (κ3) is 4.32. The van der Waals surface area contributed by atoms with Crippen molar-refractivity contribution in [2.24, 2.45) is 5.92 Å². The maximum Gasteiger partial charge on any atom is 0.225 e. The van der Waals surface area contributed by atoms with Gasteiger partial charge in [-0.1, -0.05) is 0 Å². The molecule has 1 aromatic rings. The van der Waals surface area contributed by atoms with Gasteiger partial charge in [-0.25, -0.2) is 9.97 Å². The van der Waals surface area contributed by atoms with E-state index in [4.69, 9.17) is 4.74 Å². The number of rotatable bonds is 3. The molecule has 0 spiro atoms. The second kappa shape index (κ2) is 8.39. The second-order valence-electron chi connectivity index (χ2n) is 7.72. The first-order chi connectivity index (χ1) is 13.2. The molecule has 3 aliphatic heterocycles. The van der Waals surface area contributed by atoms with Crippen molar-refractivity contribution in [2.75, 3.05) is 68.8 Å².